The van der Waals surface area contributed by atoms with Crippen molar-refractivity contribution in [2.45, 2.75) is 32.9 Å². The van der Waals surface area contributed by atoms with Crippen molar-refractivity contribution in [3.8, 4) is 5.75 Å². The van der Waals surface area contributed by atoms with E-state index in [0.717, 1.165) is 24.1 Å². The van der Waals surface area contributed by atoms with Crippen molar-refractivity contribution in [2.75, 3.05) is 6.54 Å². The summed E-state index contributed by atoms with van der Waals surface area (Å²) in [6, 6.07) is 9.28. The number of hydrogen-bond acceptors (Lipinski definition) is 2. The molecule has 0 aliphatic heterocycles. The topological polar surface area (TPSA) is 21.3 Å². The van der Waals surface area contributed by atoms with Crippen LogP contribution in [-0.2, 0) is 13.0 Å². The molecule has 2 rings (SSSR count). The lowest BCUT2D eigenvalue weighted by molar-refractivity contribution is 0.242. The summed E-state index contributed by atoms with van der Waals surface area (Å²) in [5, 5.41) is 5.73. The van der Waals surface area contributed by atoms with Crippen LogP contribution < -0.4 is 10.1 Å². The summed E-state index contributed by atoms with van der Waals surface area (Å²) in [4.78, 5) is 0. The van der Waals surface area contributed by atoms with Gasteiger partial charge >= 0.3 is 0 Å². The van der Waals surface area contributed by atoms with Crippen LogP contribution in [0.5, 0.6) is 5.75 Å². The normalized spacial score (nSPS) is 11.1. The highest BCUT2D eigenvalue weighted by atomic mass is 35.5. The number of benzene rings is 2. The molecule has 2 nitrogen and oxygen atoms in total. The lowest BCUT2D eigenvalue weighted by Gasteiger charge is -2.14. The Bertz CT molecular complexity index is 680. The van der Waals surface area contributed by atoms with E-state index >= 15 is 0 Å². The maximum absolute atomic E-state index is 6.26. The van der Waals surface area contributed by atoms with Crippen molar-refractivity contribution in [3.05, 3.63) is 61.5 Å². The molecule has 0 saturated carbocycles. The fraction of sp³-hybridized carbons (Fsp3) is 0.333. The van der Waals surface area contributed by atoms with Gasteiger partial charge in [-0.3, -0.25) is 0 Å². The average molecular weight is 407 g/mol. The molecule has 0 aliphatic rings. The number of nitrogens with one attached hydrogen (secondary N) is 1. The van der Waals surface area contributed by atoms with Gasteiger partial charge in [-0.15, -0.1) is 0 Å². The van der Waals surface area contributed by atoms with E-state index in [0.29, 0.717) is 32.4 Å². The van der Waals surface area contributed by atoms with Crippen molar-refractivity contribution in [3.63, 3.8) is 0 Å². The van der Waals surface area contributed by atoms with Gasteiger partial charge in [-0.2, -0.15) is 0 Å². The minimum absolute atomic E-state index is 0.0214. The largest absolute Gasteiger partial charge is 0.488 e. The standard InChI is InChI=1S/C18H19Cl4NO/c1-11(2)24-18-16(21)7-12(8-17(18)22)10-23-6-5-13-3-4-14(19)9-15(13)20/h3-4,7-9,11,23H,5-6,10H2,1-2H3. The van der Waals surface area contributed by atoms with Gasteiger partial charge in [-0.05, 0) is 62.2 Å². The number of halogens is 4. The molecule has 6 heteroatoms. The molecule has 0 spiro atoms. The third-order valence-electron chi connectivity index (χ3n) is 3.33. The Labute approximate surface area is 163 Å². The first-order valence-electron chi connectivity index (χ1n) is 7.66. The lowest BCUT2D eigenvalue weighted by Crippen LogP contribution is -2.17. The highest BCUT2D eigenvalue weighted by Crippen LogP contribution is 2.35. The predicted molar refractivity (Wildman–Crippen MR) is 104 cm³/mol. The molecule has 0 aliphatic carbocycles. The van der Waals surface area contributed by atoms with Crippen molar-refractivity contribution in [1.82, 2.24) is 5.32 Å². The van der Waals surface area contributed by atoms with Gasteiger partial charge in [0.15, 0.2) is 5.75 Å². The van der Waals surface area contributed by atoms with Gasteiger partial charge in [0, 0.05) is 16.6 Å². The summed E-state index contributed by atoms with van der Waals surface area (Å²) >= 11 is 24.6. The molecule has 0 saturated heterocycles. The van der Waals surface area contributed by atoms with E-state index in [9.17, 15) is 0 Å². The van der Waals surface area contributed by atoms with Crippen LogP contribution in [-0.4, -0.2) is 12.6 Å². The maximum Gasteiger partial charge on any atom is 0.156 e. The third kappa shape index (κ3) is 5.72. The Hall–Kier alpha value is -0.640. The van der Waals surface area contributed by atoms with Crippen LogP contribution in [0.2, 0.25) is 20.1 Å². The second-order valence-corrected chi connectivity index (χ2v) is 7.38. The Balaban J connectivity index is 1.90. The molecule has 2 aromatic rings. The summed E-state index contributed by atoms with van der Waals surface area (Å²) in [6.07, 6.45) is 0.833. The molecule has 130 valence electrons. The monoisotopic (exact) mass is 405 g/mol. The van der Waals surface area contributed by atoms with Gasteiger partial charge in [0.05, 0.1) is 16.1 Å². The fourth-order valence-corrected chi connectivity index (χ4v) is 3.37. The second kappa shape index (κ2) is 9.17. The van der Waals surface area contributed by atoms with Gasteiger partial charge < -0.3 is 10.1 Å². The lowest BCUT2D eigenvalue weighted by atomic mass is 10.1. The van der Waals surface area contributed by atoms with E-state index in [4.69, 9.17) is 51.1 Å². The molecule has 0 radical (unpaired) electrons. The van der Waals surface area contributed by atoms with Crippen LogP contribution in [0.1, 0.15) is 25.0 Å². The summed E-state index contributed by atoms with van der Waals surface area (Å²) in [5.41, 5.74) is 2.06. The molecule has 0 aromatic heterocycles. The van der Waals surface area contributed by atoms with Crippen molar-refractivity contribution >= 4 is 46.4 Å². The van der Waals surface area contributed by atoms with Crippen molar-refractivity contribution < 1.29 is 4.74 Å². The Morgan fingerprint density at radius 1 is 0.958 bits per heavy atom. The summed E-state index contributed by atoms with van der Waals surface area (Å²) < 4.78 is 5.63. The molecule has 1 N–H and O–H groups in total. The number of hydrogen-bond donors (Lipinski definition) is 1. The first-order chi connectivity index (χ1) is 11.4. The summed E-state index contributed by atoms with van der Waals surface area (Å²) in [5.74, 6) is 0.532. The molecule has 24 heavy (non-hydrogen) atoms. The minimum Gasteiger partial charge on any atom is -0.488 e. The molecular formula is C18H19Cl4NO. The van der Waals surface area contributed by atoms with E-state index in [1.807, 2.05) is 38.1 Å². The van der Waals surface area contributed by atoms with Crippen LogP contribution in [0.3, 0.4) is 0 Å². The molecule has 0 atom stereocenters. The van der Waals surface area contributed by atoms with Crippen molar-refractivity contribution in [2.24, 2.45) is 0 Å². The second-order valence-electron chi connectivity index (χ2n) is 5.72. The van der Waals surface area contributed by atoms with Crippen LogP contribution in [0.4, 0.5) is 0 Å². The van der Waals surface area contributed by atoms with Gasteiger partial charge in [0.25, 0.3) is 0 Å². The Morgan fingerprint density at radius 2 is 1.62 bits per heavy atom. The summed E-state index contributed by atoms with van der Waals surface area (Å²) in [7, 11) is 0. The molecule has 0 heterocycles. The minimum atomic E-state index is 0.0214. The van der Waals surface area contributed by atoms with Gasteiger partial charge in [-0.1, -0.05) is 52.5 Å². The highest BCUT2D eigenvalue weighted by molar-refractivity contribution is 6.37. The first kappa shape index (κ1) is 19.7. The zero-order valence-electron chi connectivity index (χ0n) is 13.5. The quantitative estimate of drug-likeness (QED) is 0.535. The molecular weight excluding hydrogens is 388 g/mol. The Morgan fingerprint density at radius 3 is 2.21 bits per heavy atom. The van der Waals surface area contributed by atoms with E-state index in [1.165, 1.54) is 0 Å². The zero-order chi connectivity index (χ0) is 17.7. The van der Waals surface area contributed by atoms with Crippen LogP contribution >= 0.6 is 46.4 Å². The van der Waals surface area contributed by atoms with Gasteiger partial charge in [-0.25, -0.2) is 0 Å². The van der Waals surface area contributed by atoms with E-state index in [1.54, 1.807) is 6.07 Å². The van der Waals surface area contributed by atoms with Gasteiger partial charge in [0.2, 0.25) is 0 Å². The molecule has 0 unspecified atom stereocenters. The Kier molecular flexibility index (Phi) is 7.52. The van der Waals surface area contributed by atoms with Crippen LogP contribution in [0, 0.1) is 0 Å². The molecule has 2 aromatic carbocycles. The highest BCUT2D eigenvalue weighted by Gasteiger charge is 2.11. The zero-order valence-corrected chi connectivity index (χ0v) is 16.5. The molecule has 0 bridgehead atoms. The van der Waals surface area contributed by atoms with Gasteiger partial charge in [0.1, 0.15) is 0 Å². The average Bonchev–Trinajstić information content (AvgIpc) is 2.49. The van der Waals surface area contributed by atoms with E-state index < -0.39 is 0 Å². The SMILES string of the molecule is CC(C)Oc1c(Cl)cc(CNCCc2ccc(Cl)cc2Cl)cc1Cl. The number of ether oxygens (including phenoxy) is 1. The van der Waals surface area contributed by atoms with E-state index in [-0.39, 0.29) is 6.10 Å². The summed E-state index contributed by atoms with van der Waals surface area (Å²) in [6.45, 7) is 5.31. The first-order valence-corrected chi connectivity index (χ1v) is 9.17. The predicted octanol–water partition coefficient (Wildman–Crippen LogP) is 6.42. The molecule has 0 fully saturated rings. The van der Waals surface area contributed by atoms with Crippen molar-refractivity contribution in [1.29, 1.82) is 0 Å². The van der Waals surface area contributed by atoms with Crippen LogP contribution in [0.25, 0.3) is 0 Å². The third-order valence-corrected chi connectivity index (χ3v) is 4.48. The van der Waals surface area contributed by atoms with Crippen LogP contribution in [0.15, 0.2) is 30.3 Å². The maximum atomic E-state index is 6.26. The fourth-order valence-electron chi connectivity index (χ4n) is 2.24. The number of rotatable bonds is 7. The van der Waals surface area contributed by atoms with E-state index in [2.05, 4.69) is 5.32 Å². The smallest absolute Gasteiger partial charge is 0.156 e. The molecule has 0 amide bonds.